The molecule has 4 aromatic heterocycles. The molecule has 4 aromatic rings. The van der Waals surface area contributed by atoms with Crippen LogP contribution in [0.4, 0.5) is 10.1 Å². The van der Waals surface area contributed by atoms with Crippen LogP contribution >= 0.6 is 0 Å². The Morgan fingerprint density at radius 1 is 1.25 bits per heavy atom. The van der Waals surface area contributed by atoms with Gasteiger partial charge in [0.25, 0.3) is 5.91 Å². The minimum atomic E-state index is -0.548. The zero-order valence-electron chi connectivity index (χ0n) is 22.2. The van der Waals surface area contributed by atoms with Gasteiger partial charge in [-0.25, -0.2) is 18.9 Å². The first-order valence-corrected chi connectivity index (χ1v) is 13.6. The number of halogens is 1. The average molecular weight is 545 g/mol. The Morgan fingerprint density at radius 2 is 2.08 bits per heavy atom. The zero-order valence-corrected chi connectivity index (χ0v) is 22.2. The fourth-order valence-electron chi connectivity index (χ4n) is 5.94. The SMILES string of the molecule is COc1cc(-c2cc(C(=O)N3CC[C@H](C(=O)Nc4cnn5ccc([C@H]6C[C@@H]6C)nc45)CC34CC4)n[nH]2)c(F)cn1. The van der Waals surface area contributed by atoms with E-state index in [9.17, 15) is 14.0 Å². The van der Waals surface area contributed by atoms with Crippen molar-refractivity contribution in [2.45, 2.75) is 50.5 Å². The molecule has 12 heteroatoms. The van der Waals surface area contributed by atoms with E-state index < -0.39 is 5.82 Å². The van der Waals surface area contributed by atoms with Gasteiger partial charge in [-0.2, -0.15) is 10.2 Å². The minimum absolute atomic E-state index is 0.0792. The number of nitrogens with one attached hydrogen (secondary N) is 2. The smallest absolute Gasteiger partial charge is 0.274 e. The number of pyridine rings is 1. The van der Waals surface area contributed by atoms with E-state index in [2.05, 4.69) is 32.5 Å². The molecule has 3 aliphatic rings. The van der Waals surface area contributed by atoms with Crippen molar-refractivity contribution in [3.63, 3.8) is 0 Å². The molecule has 1 saturated heterocycles. The van der Waals surface area contributed by atoms with Crippen LogP contribution in [0.5, 0.6) is 5.88 Å². The number of carbonyl (C=O) groups excluding carboxylic acids is 2. The molecule has 0 radical (unpaired) electrons. The first-order chi connectivity index (χ1) is 19.3. The highest BCUT2D eigenvalue weighted by Crippen LogP contribution is 2.51. The molecule has 206 valence electrons. The summed E-state index contributed by atoms with van der Waals surface area (Å²) in [7, 11) is 1.45. The number of nitrogens with zero attached hydrogens (tertiary/aromatic N) is 6. The number of aromatic nitrogens is 6. The predicted octanol–water partition coefficient (Wildman–Crippen LogP) is 3.81. The van der Waals surface area contributed by atoms with Gasteiger partial charge in [-0.05, 0) is 50.2 Å². The van der Waals surface area contributed by atoms with Crippen molar-refractivity contribution in [2.24, 2.45) is 11.8 Å². The molecule has 40 heavy (non-hydrogen) atoms. The highest BCUT2D eigenvalue weighted by atomic mass is 19.1. The van der Waals surface area contributed by atoms with Crippen LogP contribution in [0.3, 0.4) is 0 Å². The number of hydrogen-bond donors (Lipinski definition) is 2. The number of fused-ring (bicyclic) bond motifs is 1. The molecular formula is C28H29FN8O3. The topological polar surface area (TPSA) is 130 Å². The van der Waals surface area contributed by atoms with Gasteiger partial charge in [-0.3, -0.25) is 14.7 Å². The number of anilines is 1. The number of methoxy groups -OCH3 is 1. The molecule has 11 nitrogen and oxygen atoms in total. The first-order valence-electron chi connectivity index (χ1n) is 13.6. The van der Waals surface area contributed by atoms with Crippen molar-refractivity contribution in [3.8, 4) is 17.1 Å². The van der Waals surface area contributed by atoms with Crippen LogP contribution in [0, 0.1) is 17.7 Å². The van der Waals surface area contributed by atoms with Crippen LogP contribution < -0.4 is 10.1 Å². The number of rotatable bonds is 6. The summed E-state index contributed by atoms with van der Waals surface area (Å²) in [4.78, 5) is 37.3. The number of carbonyl (C=O) groups is 2. The Kier molecular flexibility index (Phi) is 5.62. The van der Waals surface area contributed by atoms with Crippen molar-refractivity contribution in [2.75, 3.05) is 19.0 Å². The van der Waals surface area contributed by atoms with Crippen molar-refractivity contribution in [3.05, 3.63) is 54.0 Å². The summed E-state index contributed by atoms with van der Waals surface area (Å²) in [6, 6.07) is 5.00. The Balaban J connectivity index is 1.05. The van der Waals surface area contributed by atoms with Crippen LogP contribution in [0.1, 0.15) is 61.1 Å². The van der Waals surface area contributed by atoms with E-state index in [4.69, 9.17) is 9.72 Å². The van der Waals surface area contributed by atoms with E-state index in [0.29, 0.717) is 48.3 Å². The van der Waals surface area contributed by atoms with E-state index in [-0.39, 0.29) is 40.4 Å². The van der Waals surface area contributed by atoms with Crippen LogP contribution in [0.2, 0.25) is 0 Å². The quantitative estimate of drug-likeness (QED) is 0.378. The molecule has 2 aliphatic carbocycles. The van der Waals surface area contributed by atoms with Crippen LogP contribution in [0.25, 0.3) is 16.9 Å². The average Bonchev–Trinajstić information content (AvgIpc) is 3.78. The van der Waals surface area contributed by atoms with Gasteiger partial charge in [-0.1, -0.05) is 6.92 Å². The summed E-state index contributed by atoms with van der Waals surface area (Å²) < 4.78 is 21.2. The lowest BCUT2D eigenvalue weighted by Crippen LogP contribution is -2.50. The molecule has 5 heterocycles. The second-order valence-electron chi connectivity index (χ2n) is 11.2. The number of amides is 2. The lowest BCUT2D eigenvalue weighted by Gasteiger charge is -2.39. The summed E-state index contributed by atoms with van der Waals surface area (Å²) in [5.41, 5.74) is 2.71. The Labute approximate surface area is 229 Å². The number of H-pyrrole nitrogens is 1. The maximum Gasteiger partial charge on any atom is 0.274 e. The minimum Gasteiger partial charge on any atom is -0.481 e. The monoisotopic (exact) mass is 544 g/mol. The van der Waals surface area contributed by atoms with E-state index in [0.717, 1.165) is 31.2 Å². The van der Waals surface area contributed by atoms with E-state index in [1.807, 2.05) is 17.2 Å². The second kappa shape index (κ2) is 9.10. The third-order valence-corrected chi connectivity index (χ3v) is 8.61. The van der Waals surface area contributed by atoms with Gasteiger partial charge in [-0.15, -0.1) is 0 Å². The van der Waals surface area contributed by atoms with Gasteiger partial charge < -0.3 is 15.0 Å². The van der Waals surface area contributed by atoms with E-state index in [1.54, 1.807) is 16.8 Å². The molecular weight excluding hydrogens is 515 g/mol. The number of aromatic amines is 1. The number of piperidine rings is 1. The lowest BCUT2D eigenvalue weighted by molar-refractivity contribution is -0.122. The molecule has 7 rings (SSSR count). The summed E-state index contributed by atoms with van der Waals surface area (Å²) >= 11 is 0. The molecule has 2 amide bonds. The van der Waals surface area contributed by atoms with Gasteiger partial charge in [0.1, 0.15) is 5.69 Å². The number of hydrogen-bond acceptors (Lipinski definition) is 7. The molecule has 1 spiro atoms. The molecule has 1 aliphatic heterocycles. The third-order valence-electron chi connectivity index (χ3n) is 8.61. The standard InChI is InChI=1S/C28H29FN8O3/c1-15-9-17(15)20-4-8-37-25(32-20)23(14-31-37)33-26(38)16-3-7-36(28(12-16)5-6-28)27(39)22-11-21(34-35-22)18-10-24(40-2)30-13-19(18)29/h4,8,10-11,13-17H,3,5-7,9,12H2,1-2H3,(H,33,38)(H,34,35)/t15-,16-,17-/m0/s1. The van der Waals surface area contributed by atoms with Crippen LogP contribution in [-0.4, -0.2) is 65.7 Å². The number of likely N-dealkylation sites (tertiary alicyclic amines) is 1. The zero-order chi connectivity index (χ0) is 27.6. The van der Waals surface area contributed by atoms with Crippen molar-refractivity contribution in [1.82, 2.24) is 34.7 Å². The molecule has 3 atom stereocenters. The molecule has 0 bridgehead atoms. The van der Waals surface area contributed by atoms with E-state index >= 15 is 0 Å². The molecule has 0 aromatic carbocycles. The third kappa shape index (κ3) is 4.18. The fourth-order valence-corrected chi connectivity index (χ4v) is 5.94. The highest BCUT2D eigenvalue weighted by Gasteiger charge is 2.54. The molecule has 2 saturated carbocycles. The fraction of sp³-hybridized carbons (Fsp3) is 0.429. The van der Waals surface area contributed by atoms with Crippen molar-refractivity contribution >= 4 is 23.1 Å². The Morgan fingerprint density at radius 3 is 2.83 bits per heavy atom. The maximum atomic E-state index is 14.4. The summed E-state index contributed by atoms with van der Waals surface area (Å²) in [5.74, 6) is 0.270. The Bertz CT molecular complexity index is 1640. The summed E-state index contributed by atoms with van der Waals surface area (Å²) in [5, 5.41) is 14.3. The highest BCUT2D eigenvalue weighted by molar-refractivity contribution is 5.97. The van der Waals surface area contributed by atoms with Crippen molar-refractivity contribution < 1.29 is 18.7 Å². The van der Waals surface area contributed by atoms with Gasteiger partial charge in [0.05, 0.1) is 25.2 Å². The first kappa shape index (κ1) is 24.7. The van der Waals surface area contributed by atoms with Gasteiger partial charge >= 0.3 is 0 Å². The molecule has 2 N–H and O–H groups in total. The van der Waals surface area contributed by atoms with Crippen LogP contribution in [0.15, 0.2) is 36.8 Å². The summed E-state index contributed by atoms with van der Waals surface area (Å²) in [6.45, 7) is 2.65. The maximum absolute atomic E-state index is 14.4. The van der Waals surface area contributed by atoms with Crippen LogP contribution in [-0.2, 0) is 4.79 Å². The normalized spacial score (nSPS) is 22.9. The summed E-state index contributed by atoms with van der Waals surface area (Å²) in [6.07, 6.45) is 8.51. The molecule has 0 unspecified atom stereocenters. The number of ether oxygens (including phenoxy) is 1. The van der Waals surface area contributed by atoms with Crippen molar-refractivity contribution in [1.29, 1.82) is 0 Å². The van der Waals surface area contributed by atoms with Gasteiger partial charge in [0, 0.05) is 47.4 Å². The van der Waals surface area contributed by atoms with Gasteiger partial charge in [0.15, 0.2) is 17.2 Å². The Hall–Kier alpha value is -4.35. The second-order valence-corrected chi connectivity index (χ2v) is 11.2. The predicted molar refractivity (Wildman–Crippen MR) is 142 cm³/mol. The lowest BCUT2D eigenvalue weighted by atomic mass is 9.88. The molecule has 3 fully saturated rings. The van der Waals surface area contributed by atoms with E-state index in [1.165, 1.54) is 13.2 Å². The largest absolute Gasteiger partial charge is 0.481 e. The van der Waals surface area contributed by atoms with Gasteiger partial charge in [0.2, 0.25) is 11.8 Å².